The highest BCUT2D eigenvalue weighted by Crippen LogP contribution is 2.60. The van der Waals surface area contributed by atoms with E-state index in [2.05, 4.69) is 29.6 Å². The van der Waals surface area contributed by atoms with Crippen LogP contribution in [0.15, 0.2) is 5.16 Å². The average molecular weight is 440 g/mol. The normalized spacial score (nSPS) is 41.8. The number of nitrogens with zero attached hydrogens (tertiary/aromatic N) is 1. The number of rotatable bonds is 5. The van der Waals surface area contributed by atoms with Crippen LogP contribution in [-0.4, -0.2) is 43.6 Å². The molecule has 6 atom stereocenters. The van der Waals surface area contributed by atoms with Crippen molar-refractivity contribution in [2.24, 2.45) is 33.7 Å². The molecule has 4 aliphatic rings. The topological polar surface area (TPSA) is 79.8 Å². The van der Waals surface area contributed by atoms with Gasteiger partial charge in [0, 0.05) is 24.3 Å². The minimum Gasteiger partial charge on any atom is -0.396 e. The smallest absolute Gasteiger partial charge is 0.220 e. The summed E-state index contributed by atoms with van der Waals surface area (Å²) in [5.41, 5.74) is 1.01. The Morgan fingerprint density at radius 1 is 1.13 bits per heavy atom. The third-order valence-corrected chi connectivity index (χ3v) is 8.81. The molecule has 1 amide bonds. The Kier molecular flexibility index (Phi) is 7.18. The van der Waals surface area contributed by atoms with Crippen molar-refractivity contribution in [3.05, 3.63) is 0 Å². The molecule has 3 aliphatic carbocycles. The van der Waals surface area contributed by atoms with Gasteiger partial charge in [0.25, 0.3) is 0 Å². The number of amides is 1. The molecule has 0 bridgehead atoms. The first kappa shape index (κ1) is 23.5. The first-order chi connectivity index (χ1) is 13.9. The number of fused-ring (bicyclic) bond motifs is 5. The van der Waals surface area contributed by atoms with Crippen LogP contribution in [0.1, 0.15) is 71.6 Å². The highest BCUT2D eigenvalue weighted by molar-refractivity contribution is 5.88. The zero-order chi connectivity index (χ0) is 20.6. The Morgan fingerprint density at radius 2 is 1.93 bits per heavy atom. The zero-order valence-corrected chi connectivity index (χ0v) is 19.5. The molecule has 1 saturated heterocycles. The van der Waals surface area contributed by atoms with Gasteiger partial charge in [-0.05, 0) is 81.7 Å². The predicted molar refractivity (Wildman–Crippen MR) is 120 cm³/mol. The number of hydrogen-bond donors (Lipinski definition) is 2. The first-order valence-corrected chi connectivity index (χ1v) is 11.5. The van der Waals surface area contributed by atoms with Gasteiger partial charge in [-0.2, -0.15) is 0 Å². The van der Waals surface area contributed by atoms with Crippen molar-refractivity contribution < 1.29 is 14.4 Å². The van der Waals surface area contributed by atoms with Crippen molar-refractivity contribution in [1.29, 1.82) is 0 Å². The van der Waals surface area contributed by atoms with Crippen LogP contribution in [0.3, 0.4) is 0 Å². The lowest BCUT2D eigenvalue weighted by Crippen LogP contribution is -2.56. The van der Waals surface area contributed by atoms with Gasteiger partial charge >= 0.3 is 0 Å². The third kappa shape index (κ3) is 4.02. The number of hydrogen-bond acceptors (Lipinski definition) is 5. The summed E-state index contributed by atoms with van der Waals surface area (Å²) < 4.78 is 0. The van der Waals surface area contributed by atoms with Gasteiger partial charge in [-0.3, -0.25) is 9.59 Å². The van der Waals surface area contributed by atoms with Gasteiger partial charge in [0.1, 0.15) is 12.4 Å². The molecule has 0 aromatic rings. The molecule has 1 unspecified atom stereocenters. The van der Waals surface area contributed by atoms with Gasteiger partial charge in [0.05, 0.1) is 5.71 Å². The van der Waals surface area contributed by atoms with E-state index in [0.717, 1.165) is 57.2 Å². The molecule has 0 aromatic heterocycles. The molecule has 0 aromatic carbocycles. The van der Waals surface area contributed by atoms with Gasteiger partial charge in [-0.1, -0.05) is 19.0 Å². The number of ketones is 1. The zero-order valence-electron chi connectivity index (χ0n) is 18.7. The maximum absolute atomic E-state index is 12.9. The van der Waals surface area contributed by atoms with E-state index in [4.69, 9.17) is 4.84 Å². The van der Waals surface area contributed by atoms with Crippen LogP contribution in [0.5, 0.6) is 0 Å². The summed E-state index contributed by atoms with van der Waals surface area (Å²) in [6, 6.07) is 0.152. The monoisotopic (exact) mass is 439 g/mol. The van der Waals surface area contributed by atoms with Crippen molar-refractivity contribution in [2.45, 2.75) is 77.7 Å². The van der Waals surface area contributed by atoms with Gasteiger partial charge in [-0.15, -0.1) is 12.4 Å². The molecule has 30 heavy (non-hydrogen) atoms. The fourth-order valence-corrected chi connectivity index (χ4v) is 6.89. The Bertz CT molecular complexity index is 699. The highest BCUT2D eigenvalue weighted by atomic mass is 35.5. The number of carbonyl (C=O) groups excluding carboxylic acids is 2. The summed E-state index contributed by atoms with van der Waals surface area (Å²) >= 11 is 0. The molecule has 6 nitrogen and oxygen atoms in total. The maximum atomic E-state index is 12.9. The lowest BCUT2D eigenvalue weighted by molar-refractivity contribution is -0.131. The summed E-state index contributed by atoms with van der Waals surface area (Å²) in [6.07, 6.45) is 8.03. The summed E-state index contributed by atoms with van der Waals surface area (Å²) in [5.74, 6) is 1.65. The molecule has 4 rings (SSSR count). The Balaban J connectivity index is 0.00000256. The predicted octanol–water partition coefficient (Wildman–Crippen LogP) is 3.48. The van der Waals surface area contributed by atoms with Crippen molar-refractivity contribution in [1.82, 2.24) is 10.6 Å². The Hall–Kier alpha value is -1.14. The maximum Gasteiger partial charge on any atom is 0.220 e. The van der Waals surface area contributed by atoms with Crippen LogP contribution in [-0.2, 0) is 14.4 Å². The van der Waals surface area contributed by atoms with E-state index in [0.29, 0.717) is 43.0 Å². The van der Waals surface area contributed by atoms with Crippen LogP contribution in [0.25, 0.3) is 0 Å². The summed E-state index contributed by atoms with van der Waals surface area (Å²) in [5, 5.41) is 10.9. The first-order valence-electron chi connectivity index (χ1n) is 11.5. The van der Waals surface area contributed by atoms with E-state index in [9.17, 15) is 9.59 Å². The molecular formula is C23H38ClN3O3. The highest BCUT2D eigenvalue weighted by Gasteiger charge is 2.60. The largest absolute Gasteiger partial charge is 0.396 e. The number of halogens is 1. The van der Waals surface area contributed by atoms with Crippen molar-refractivity contribution >= 4 is 29.8 Å². The SMILES string of the molecule is CNCCCO/N=C1/CC[C@@]2(C)C(CC(=O)N[C@@H]3[C@@H]2CC[C@]2(C)C(=O)CC[C@@H]32)C1.Cl. The number of nitrogens with one attached hydrogen (secondary N) is 2. The second-order valence-corrected chi connectivity index (χ2v) is 10.3. The molecule has 4 fully saturated rings. The fourth-order valence-electron chi connectivity index (χ4n) is 6.89. The van der Waals surface area contributed by atoms with Gasteiger partial charge in [0.15, 0.2) is 0 Å². The van der Waals surface area contributed by atoms with Crippen molar-refractivity contribution in [3.8, 4) is 0 Å². The standard InChI is InChI=1S/C23H37N3O3.ClH/c1-22-9-7-16(26-29-12-4-11-24-3)13-15(22)14-20(28)25-21-17-5-6-19(27)23(17,2)10-8-18(21)22;/h15,17-18,21,24H,4-14H2,1-3H3,(H,25,28);1H/b26-16-;/t15?,17-,18-,21-,22-,23-;/m0./s1. The molecule has 0 radical (unpaired) electrons. The molecule has 170 valence electrons. The second-order valence-electron chi connectivity index (χ2n) is 10.3. The van der Waals surface area contributed by atoms with E-state index in [-0.39, 0.29) is 35.2 Å². The Labute approximate surface area is 186 Å². The van der Waals surface area contributed by atoms with Crippen molar-refractivity contribution in [2.75, 3.05) is 20.2 Å². The summed E-state index contributed by atoms with van der Waals surface area (Å²) in [4.78, 5) is 31.0. The molecule has 2 N–H and O–H groups in total. The van der Waals surface area contributed by atoms with E-state index < -0.39 is 0 Å². The van der Waals surface area contributed by atoms with Crippen LogP contribution in [0.2, 0.25) is 0 Å². The van der Waals surface area contributed by atoms with E-state index in [1.54, 1.807) is 0 Å². The minimum absolute atomic E-state index is 0. The second kappa shape index (κ2) is 9.15. The van der Waals surface area contributed by atoms with Gasteiger partial charge in [0.2, 0.25) is 5.91 Å². The Morgan fingerprint density at radius 3 is 2.70 bits per heavy atom. The third-order valence-electron chi connectivity index (χ3n) is 8.81. The number of oxime groups is 1. The molecular weight excluding hydrogens is 402 g/mol. The van der Waals surface area contributed by atoms with Crippen LogP contribution in [0, 0.1) is 28.6 Å². The molecule has 1 aliphatic heterocycles. The molecule has 1 heterocycles. The van der Waals surface area contributed by atoms with Crippen molar-refractivity contribution in [3.63, 3.8) is 0 Å². The molecule has 7 heteroatoms. The quantitative estimate of drug-likeness (QED) is 0.507. The van der Waals surface area contributed by atoms with Gasteiger partial charge < -0.3 is 15.5 Å². The minimum atomic E-state index is -0.229. The van der Waals surface area contributed by atoms with Crippen LogP contribution in [0.4, 0.5) is 0 Å². The average Bonchev–Trinajstić information content (AvgIpc) is 2.93. The van der Waals surface area contributed by atoms with E-state index in [1.165, 1.54) is 0 Å². The van der Waals surface area contributed by atoms with E-state index >= 15 is 0 Å². The van der Waals surface area contributed by atoms with Crippen LogP contribution >= 0.6 is 12.4 Å². The lowest BCUT2D eigenvalue weighted by Gasteiger charge is -2.53. The number of Topliss-reactive ketones (excluding diaryl/α,β-unsaturated/α-hetero) is 1. The van der Waals surface area contributed by atoms with Crippen LogP contribution < -0.4 is 10.6 Å². The van der Waals surface area contributed by atoms with E-state index in [1.807, 2.05) is 7.05 Å². The molecule has 0 spiro atoms. The summed E-state index contributed by atoms with van der Waals surface area (Å²) in [6.45, 7) is 6.11. The van der Waals surface area contributed by atoms with Gasteiger partial charge in [-0.25, -0.2) is 0 Å². The number of carbonyl (C=O) groups is 2. The molecule has 3 saturated carbocycles. The fraction of sp³-hybridized carbons (Fsp3) is 0.870. The summed E-state index contributed by atoms with van der Waals surface area (Å²) in [7, 11) is 1.94. The lowest BCUT2D eigenvalue weighted by atomic mass is 9.52.